The van der Waals surface area contributed by atoms with E-state index in [1.54, 1.807) is 0 Å². The van der Waals surface area contributed by atoms with Crippen molar-refractivity contribution in [2.75, 3.05) is 6.61 Å². The molecule has 158 valence electrons. The van der Waals surface area contributed by atoms with Crippen LogP contribution in [0.25, 0.3) is 0 Å². The predicted molar refractivity (Wildman–Crippen MR) is 128 cm³/mol. The maximum atomic E-state index is 5.79. The largest absolute Gasteiger partial charge is 0.494 e. The summed E-state index contributed by atoms with van der Waals surface area (Å²) in [7, 11) is 0. The second kappa shape index (κ2) is 12.3. The molecule has 0 spiro atoms. The summed E-state index contributed by atoms with van der Waals surface area (Å²) in [6.45, 7) is 5.23. The molecule has 30 heavy (non-hydrogen) atoms. The second-order valence-corrected chi connectivity index (χ2v) is 8.46. The Morgan fingerprint density at radius 3 is 2.30 bits per heavy atom. The highest BCUT2D eigenvalue weighted by Gasteiger charge is 2.20. The molecule has 0 atom stereocenters. The third kappa shape index (κ3) is 7.10. The van der Waals surface area contributed by atoms with E-state index in [1.165, 1.54) is 49.7 Å². The number of unbranched alkanes of at least 4 members (excludes halogenated alkanes) is 1. The lowest BCUT2D eigenvalue weighted by Crippen LogP contribution is -2.11. The van der Waals surface area contributed by atoms with Gasteiger partial charge < -0.3 is 4.74 Å². The molecule has 0 unspecified atom stereocenters. The first-order chi connectivity index (χ1) is 14.8. The predicted octanol–water partition coefficient (Wildman–Crippen LogP) is 7.70. The number of allylic oxidation sites excluding steroid dienone is 2. The number of aryl methyl sites for hydroxylation is 1. The van der Waals surface area contributed by atoms with Gasteiger partial charge in [-0.15, -0.1) is 0 Å². The number of hydrogen-bond acceptors (Lipinski definition) is 1. The highest BCUT2D eigenvalue weighted by atomic mass is 16.5. The summed E-state index contributed by atoms with van der Waals surface area (Å²) in [6.07, 6.45) is 14.0. The molecule has 0 saturated heterocycles. The fourth-order valence-electron chi connectivity index (χ4n) is 4.17. The van der Waals surface area contributed by atoms with Crippen LogP contribution in [0.1, 0.15) is 81.4 Å². The fourth-order valence-corrected chi connectivity index (χ4v) is 4.17. The Morgan fingerprint density at radius 2 is 1.63 bits per heavy atom. The van der Waals surface area contributed by atoms with Crippen molar-refractivity contribution in [3.05, 3.63) is 77.4 Å². The molecule has 1 heteroatoms. The van der Waals surface area contributed by atoms with Crippen LogP contribution in [0.2, 0.25) is 0 Å². The van der Waals surface area contributed by atoms with Crippen molar-refractivity contribution in [2.24, 2.45) is 5.92 Å². The van der Waals surface area contributed by atoms with Gasteiger partial charge >= 0.3 is 0 Å². The number of benzene rings is 2. The Kier molecular flexibility index (Phi) is 9.10. The van der Waals surface area contributed by atoms with Crippen LogP contribution >= 0.6 is 0 Å². The lowest BCUT2D eigenvalue weighted by Gasteiger charge is -2.27. The smallest absolute Gasteiger partial charge is 0.119 e. The van der Waals surface area contributed by atoms with E-state index in [4.69, 9.17) is 4.74 Å². The minimum Gasteiger partial charge on any atom is -0.494 e. The number of ether oxygens (including phenoxy) is 1. The van der Waals surface area contributed by atoms with E-state index in [9.17, 15) is 0 Å². The third-order valence-electron chi connectivity index (χ3n) is 6.05. The van der Waals surface area contributed by atoms with Crippen LogP contribution < -0.4 is 4.74 Å². The first-order valence-electron chi connectivity index (χ1n) is 11.8. The van der Waals surface area contributed by atoms with Gasteiger partial charge in [0.15, 0.2) is 0 Å². The summed E-state index contributed by atoms with van der Waals surface area (Å²) in [5, 5.41) is 0. The molecule has 0 bridgehead atoms. The van der Waals surface area contributed by atoms with Crippen molar-refractivity contribution in [1.29, 1.82) is 0 Å². The van der Waals surface area contributed by atoms with Gasteiger partial charge in [-0.1, -0.05) is 68.9 Å². The van der Waals surface area contributed by atoms with Crippen molar-refractivity contribution in [3.63, 3.8) is 0 Å². The Morgan fingerprint density at radius 1 is 0.900 bits per heavy atom. The topological polar surface area (TPSA) is 9.23 Å². The SMILES string of the molecule is CCCCOc1ccc(C2CCC(C=CC#Cc3ccc(CCC)cc3)CC2)cc1. The molecule has 1 fully saturated rings. The van der Waals surface area contributed by atoms with E-state index < -0.39 is 0 Å². The molecular weight excluding hydrogens is 364 g/mol. The molecule has 1 aliphatic rings. The molecule has 0 aliphatic heterocycles. The number of rotatable bonds is 8. The van der Waals surface area contributed by atoms with Gasteiger partial charge in [-0.25, -0.2) is 0 Å². The van der Waals surface area contributed by atoms with E-state index >= 15 is 0 Å². The quantitative estimate of drug-likeness (QED) is 0.326. The van der Waals surface area contributed by atoms with Crippen LogP contribution in [0, 0.1) is 17.8 Å². The fraction of sp³-hybridized carbons (Fsp3) is 0.448. The first kappa shape index (κ1) is 22.2. The second-order valence-electron chi connectivity index (χ2n) is 8.46. The summed E-state index contributed by atoms with van der Waals surface area (Å²) in [4.78, 5) is 0. The van der Waals surface area contributed by atoms with Crippen molar-refractivity contribution < 1.29 is 4.74 Å². The Labute approximate surface area is 183 Å². The molecule has 2 aromatic carbocycles. The maximum Gasteiger partial charge on any atom is 0.119 e. The van der Waals surface area contributed by atoms with Gasteiger partial charge in [0.1, 0.15) is 5.75 Å². The van der Waals surface area contributed by atoms with Crippen molar-refractivity contribution in [1.82, 2.24) is 0 Å². The summed E-state index contributed by atoms with van der Waals surface area (Å²) in [6, 6.07) is 17.5. The Hall–Kier alpha value is -2.46. The molecule has 0 N–H and O–H groups in total. The van der Waals surface area contributed by atoms with Gasteiger partial charge in [-0.2, -0.15) is 0 Å². The normalized spacial score (nSPS) is 18.7. The number of hydrogen-bond donors (Lipinski definition) is 0. The molecule has 0 amide bonds. The van der Waals surface area contributed by atoms with Crippen LogP contribution in [-0.4, -0.2) is 6.61 Å². The Bertz CT molecular complexity index is 825. The molecule has 1 aliphatic carbocycles. The van der Waals surface area contributed by atoms with E-state index in [0.717, 1.165) is 30.8 Å². The van der Waals surface area contributed by atoms with Crippen LogP contribution in [0.4, 0.5) is 0 Å². The minimum absolute atomic E-state index is 0.666. The maximum absolute atomic E-state index is 5.79. The lowest BCUT2D eigenvalue weighted by atomic mass is 9.78. The van der Waals surface area contributed by atoms with Gasteiger partial charge in [0.05, 0.1) is 6.61 Å². The van der Waals surface area contributed by atoms with E-state index in [0.29, 0.717) is 11.8 Å². The monoisotopic (exact) mass is 400 g/mol. The molecule has 1 nitrogen and oxygen atoms in total. The van der Waals surface area contributed by atoms with Gasteiger partial charge in [-0.3, -0.25) is 0 Å². The van der Waals surface area contributed by atoms with E-state index in [1.807, 2.05) is 0 Å². The van der Waals surface area contributed by atoms with Crippen LogP contribution in [0.5, 0.6) is 5.75 Å². The first-order valence-corrected chi connectivity index (χ1v) is 11.8. The standard InChI is InChI=1S/C29H36O/c1-3-5-23-30-29-21-19-28(20-22-29)27-17-15-26(16-18-27)10-7-6-9-25-13-11-24(8-4-2)12-14-25/h7,10-14,19-22,26-27H,3-5,8,15-18,23H2,1-2H3. The van der Waals surface area contributed by atoms with Crippen molar-refractivity contribution in [2.45, 2.75) is 71.1 Å². The lowest BCUT2D eigenvalue weighted by molar-refractivity contribution is 0.309. The third-order valence-corrected chi connectivity index (χ3v) is 6.05. The average molecular weight is 401 g/mol. The van der Waals surface area contributed by atoms with Crippen LogP contribution in [0.3, 0.4) is 0 Å². The summed E-state index contributed by atoms with van der Waals surface area (Å²) >= 11 is 0. The molecule has 2 aromatic rings. The van der Waals surface area contributed by atoms with Gasteiger partial charge in [0.2, 0.25) is 0 Å². The van der Waals surface area contributed by atoms with Crippen molar-refractivity contribution >= 4 is 0 Å². The summed E-state index contributed by atoms with van der Waals surface area (Å²) < 4.78 is 5.79. The van der Waals surface area contributed by atoms with Crippen molar-refractivity contribution in [3.8, 4) is 17.6 Å². The van der Waals surface area contributed by atoms with Crippen LogP contribution in [0.15, 0.2) is 60.7 Å². The molecule has 0 aromatic heterocycles. The molecular formula is C29H36O. The minimum atomic E-state index is 0.666. The highest BCUT2D eigenvalue weighted by Crippen LogP contribution is 2.36. The molecule has 0 heterocycles. The van der Waals surface area contributed by atoms with E-state index in [2.05, 4.69) is 86.4 Å². The zero-order valence-electron chi connectivity index (χ0n) is 18.7. The molecule has 1 saturated carbocycles. The van der Waals surface area contributed by atoms with E-state index in [-0.39, 0.29) is 0 Å². The van der Waals surface area contributed by atoms with Crippen LogP contribution in [-0.2, 0) is 6.42 Å². The zero-order valence-corrected chi connectivity index (χ0v) is 18.7. The average Bonchev–Trinajstić information content (AvgIpc) is 2.79. The zero-order chi connectivity index (χ0) is 21.0. The van der Waals surface area contributed by atoms with Gasteiger partial charge in [0.25, 0.3) is 0 Å². The summed E-state index contributed by atoms with van der Waals surface area (Å²) in [5.74, 6) is 8.84. The molecule has 0 radical (unpaired) electrons. The van der Waals surface area contributed by atoms with Gasteiger partial charge in [0, 0.05) is 5.56 Å². The summed E-state index contributed by atoms with van der Waals surface area (Å²) in [5.41, 5.74) is 3.96. The highest BCUT2D eigenvalue weighted by molar-refractivity contribution is 5.38. The van der Waals surface area contributed by atoms with Gasteiger partial charge in [-0.05, 0) is 91.8 Å². The Balaban J connectivity index is 1.43. The molecule has 3 rings (SSSR count).